The summed E-state index contributed by atoms with van der Waals surface area (Å²) in [7, 11) is 1.35. The summed E-state index contributed by atoms with van der Waals surface area (Å²) in [5.74, 6) is -0.962. The first kappa shape index (κ1) is 13.8. The molecule has 0 aliphatic heterocycles. The zero-order valence-electron chi connectivity index (χ0n) is 10.7. The van der Waals surface area contributed by atoms with Crippen molar-refractivity contribution < 1.29 is 14.6 Å². The summed E-state index contributed by atoms with van der Waals surface area (Å²) in [4.78, 5) is 12.7. The quantitative estimate of drug-likeness (QED) is 0.854. The van der Waals surface area contributed by atoms with E-state index < -0.39 is 12.0 Å². The van der Waals surface area contributed by atoms with Crippen LogP contribution in [0, 0.1) is 5.92 Å². The molecule has 2 unspecified atom stereocenters. The molecule has 0 fully saturated rings. The molecule has 0 aliphatic rings. The average Bonchev–Trinajstić information content (AvgIpc) is 2.98. The van der Waals surface area contributed by atoms with Crippen LogP contribution >= 0.6 is 11.3 Å². The first-order valence-corrected chi connectivity index (χ1v) is 6.93. The molecular weight excluding hydrogens is 260 g/mol. The molecule has 2 rings (SSSR count). The molecule has 1 N–H and O–H groups in total. The summed E-state index contributed by atoms with van der Waals surface area (Å²) in [5.41, 5.74) is 1.01. The topological polar surface area (TPSA) is 46.5 Å². The second-order valence-electron chi connectivity index (χ2n) is 4.28. The Balaban J connectivity index is 2.19. The number of thiophene rings is 1. The maximum atomic E-state index is 11.9. The van der Waals surface area contributed by atoms with Crippen molar-refractivity contribution in [1.82, 2.24) is 0 Å². The second kappa shape index (κ2) is 6.50. The Morgan fingerprint density at radius 2 is 2.00 bits per heavy atom. The zero-order valence-corrected chi connectivity index (χ0v) is 11.5. The number of methoxy groups -OCH3 is 1. The molecule has 0 saturated heterocycles. The predicted octanol–water partition coefficient (Wildman–Crippen LogP) is 2.81. The van der Waals surface area contributed by atoms with Gasteiger partial charge in [-0.1, -0.05) is 36.4 Å². The van der Waals surface area contributed by atoms with E-state index >= 15 is 0 Å². The molecule has 0 bridgehead atoms. The average molecular weight is 276 g/mol. The first-order chi connectivity index (χ1) is 9.22. The van der Waals surface area contributed by atoms with Crippen LogP contribution in [-0.2, 0) is 16.0 Å². The molecule has 0 saturated carbocycles. The number of ether oxygens (including phenoxy) is 1. The van der Waals surface area contributed by atoms with Gasteiger partial charge in [0.05, 0.1) is 13.0 Å². The van der Waals surface area contributed by atoms with Crippen LogP contribution < -0.4 is 0 Å². The van der Waals surface area contributed by atoms with Crippen LogP contribution in [-0.4, -0.2) is 18.2 Å². The largest absolute Gasteiger partial charge is 0.469 e. The minimum atomic E-state index is -0.826. The molecule has 0 radical (unpaired) electrons. The minimum absolute atomic E-state index is 0.384. The number of aliphatic hydroxyl groups excluding tert-OH is 1. The van der Waals surface area contributed by atoms with Crippen LogP contribution in [0.15, 0.2) is 47.8 Å². The Morgan fingerprint density at radius 1 is 1.26 bits per heavy atom. The van der Waals surface area contributed by atoms with Gasteiger partial charge in [-0.25, -0.2) is 0 Å². The van der Waals surface area contributed by atoms with Crippen molar-refractivity contribution in [1.29, 1.82) is 0 Å². The summed E-state index contributed by atoms with van der Waals surface area (Å²) in [6, 6.07) is 13.3. The molecule has 3 nitrogen and oxygen atoms in total. The van der Waals surface area contributed by atoms with E-state index in [1.165, 1.54) is 18.4 Å². The molecule has 4 heteroatoms. The van der Waals surface area contributed by atoms with Gasteiger partial charge in [0.15, 0.2) is 0 Å². The molecule has 0 amide bonds. The number of aliphatic hydroxyl groups is 1. The molecule has 1 aromatic heterocycles. The zero-order chi connectivity index (χ0) is 13.7. The highest BCUT2D eigenvalue weighted by Gasteiger charge is 2.29. The van der Waals surface area contributed by atoms with E-state index in [4.69, 9.17) is 4.74 Å². The maximum Gasteiger partial charge on any atom is 0.312 e. The van der Waals surface area contributed by atoms with Crippen LogP contribution in [0.2, 0.25) is 0 Å². The Morgan fingerprint density at radius 3 is 2.58 bits per heavy atom. The van der Waals surface area contributed by atoms with Crippen molar-refractivity contribution in [2.24, 2.45) is 5.92 Å². The second-order valence-corrected chi connectivity index (χ2v) is 5.26. The van der Waals surface area contributed by atoms with Gasteiger partial charge >= 0.3 is 5.97 Å². The van der Waals surface area contributed by atoms with Gasteiger partial charge in [0.1, 0.15) is 6.10 Å². The fraction of sp³-hybridized carbons (Fsp3) is 0.267. The van der Waals surface area contributed by atoms with E-state index in [1.54, 1.807) is 0 Å². The van der Waals surface area contributed by atoms with Gasteiger partial charge < -0.3 is 9.84 Å². The third-order valence-electron chi connectivity index (χ3n) is 3.02. The molecule has 0 aliphatic carbocycles. The lowest BCUT2D eigenvalue weighted by atomic mass is 9.93. The smallest absolute Gasteiger partial charge is 0.312 e. The molecule has 1 aromatic carbocycles. The Hall–Kier alpha value is -1.65. The van der Waals surface area contributed by atoms with Crippen molar-refractivity contribution in [3.8, 4) is 0 Å². The molecule has 1 heterocycles. The third kappa shape index (κ3) is 3.43. The lowest BCUT2D eigenvalue weighted by Crippen LogP contribution is -2.25. The highest BCUT2D eigenvalue weighted by Crippen LogP contribution is 2.29. The highest BCUT2D eigenvalue weighted by atomic mass is 32.1. The number of hydrogen-bond donors (Lipinski definition) is 1. The minimum Gasteiger partial charge on any atom is -0.469 e. The van der Waals surface area contributed by atoms with Gasteiger partial charge in [0.25, 0.3) is 0 Å². The van der Waals surface area contributed by atoms with E-state index in [1.807, 2.05) is 47.8 Å². The summed E-state index contributed by atoms with van der Waals surface area (Å²) < 4.78 is 4.81. The fourth-order valence-corrected chi connectivity index (χ4v) is 2.78. The molecule has 2 atom stereocenters. The van der Waals surface area contributed by atoms with Crippen molar-refractivity contribution >= 4 is 17.3 Å². The van der Waals surface area contributed by atoms with E-state index in [0.29, 0.717) is 6.42 Å². The summed E-state index contributed by atoms with van der Waals surface area (Å²) in [6.45, 7) is 0. The number of carbonyl (C=O) groups excluding carboxylic acids is 1. The number of benzene rings is 1. The molecule has 19 heavy (non-hydrogen) atoms. The van der Waals surface area contributed by atoms with Gasteiger partial charge in [-0.15, -0.1) is 11.3 Å². The van der Waals surface area contributed by atoms with Gasteiger partial charge in [-0.2, -0.15) is 0 Å². The maximum absolute atomic E-state index is 11.9. The molecular formula is C15H16O3S. The number of carbonyl (C=O) groups is 1. The summed E-state index contributed by atoms with van der Waals surface area (Å²) in [6.07, 6.45) is -0.361. The van der Waals surface area contributed by atoms with Crippen LogP contribution in [0.5, 0.6) is 0 Å². The van der Waals surface area contributed by atoms with Crippen molar-refractivity contribution in [2.75, 3.05) is 7.11 Å². The summed E-state index contributed by atoms with van der Waals surface area (Å²) >= 11 is 1.44. The Labute approximate surface area is 116 Å². The van der Waals surface area contributed by atoms with Crippen LogP contribution in [0.1, 0.15) is 16.5 Å². The standard InChI is InChI=1S/C15H16O3S/c1-18-15(17)12(10-11-6-3-2-4-7-11)14(16)13-8-5-9-19-13/h2-9,12,14,16H,10H2,1H3. The van der Waals surface area contributed by atoms with Crippen molar-refractivity contribution in [3.63, 3.8) is 0 Å². The van der Waals surface area contributed by atoms with Crippen molar-refractivity contribution in [3.05, 3.63) is 58.3 Å². The van der Waals surface area contributed by atoms with Gasteiger partial charge in [0.2, 0.25) is 0 Å². The Bertz CT molecular complexity index is 507. The first-order valence-electron chi connectivity index (χ1n) is 6.05. The lowest BCUT2D eigenvalue weighted by molar-refractivity contribution is -0.149. The van der Waals surface area contributed by atoms with Crippen LogP contribution in [0.3, 0.4) is 0 Å². The Kier molecular flexibility index (Phi) is 4.71. The molecule has 100 valence electrons. The third-order valence-corrected chi connectivity index (χ3v) is 3.96. The SMILES string of the molecule is COC(=O)C(Cc1ccccc1)C(O)c1cccs1. The van der Waals surface area contributed by atoms with Crippen molar-refractivity contribution in [2.45, 2.75) is 12.5 Å². The summed E-state index contributed by atoms with van der Waals surface area (Å²) in [5, 5.41) is 12.2. The normalized spacial score (nSPS) is 13.8. The predicted molar refractivity (Wildman–Crippen MR) is 74.9 cm³/mol. The van der Waals surface area contributed by atoms with Gasteiger partial charge in [-0.3, -0.25) is 4.79 Å². The van der Waals surface area contributed by atoms with Crippen LogP contribution in [0.25, 0.3) is 0 Å². The molecule has 0 spiro atoms. The lowest BCUT2D eigenvalue weighted by Gasteiger charge is -2.19. The van der Waals surface area contributed by atoms with E-state index in [0.717, 1.165) is 10.4 Å². The molecule has 2 aromatic rings. The van der Waals surface area contributed by atoms with E-state index in [9.17, 15) is 9.90 Å². The van der Waals surface area contributed by atoms with Crippen LogP contribution in [0.4, 0.5) is 0 Å². The highest BCUT2D eigenvalue weighted by molar-refractivity contribution is 7.10. The number of esters is 1. The van der Waals surface area contributed by atoms with E-state index in [-0.39, 0.29) is 5.97 Å². The van der Waals surface area contributed by atoms with E-state index in [2.05, 4.69) is 0 Å². The fourth-order valence-electron chi connectivity index (χ4n) is 2.00. The van der Waals surface area contributed by atoms with Gasteiger partial charge in [0, 0.05) is 4.88 Å². The monoisotopic (exact) mass is 276 g/mol. The number of hydrogen-bond acceptors (Lipinski definition) is 4. The van der Waals surface area contributed by atoms with Gasteiger partial charge in [-0.05, 0) is 23.4 Å². The number of rotatable bonds is 5.